The summed E-state index contributed by atoms with van der Waals surface area (Å²) < 4.78 is 30.9. The number of nitrogens with zero attached hydrogens (tertiary/aromatic N) is 3. The SMILES string of the molecule is N#CC(C(=O)NCc1ccco1)c1nccn1C(F)F. The third kappa shape index (κ3) is 2.83. The number of carbonyl (C=O) groups is 1. The summed E-state index contributed by atoms with van der Waals surface area (Å²) in [5.41, 5.74) is 0. The molecule has 1 atom stereocenters. The van der Waals surface area contributed by atoms with Crippen molar-refractivity contribution < 1.29 is 18.0 Å². The lowest BCUT2D eigenvalue weighted by atomic mass is 10.1. The molecule has 8 heteroatoms. The van der Waals surface area contributed by atoms with E-state index in [4.69, 9.17) is 9.68 Å². The van der Waals surface area contributed by atoms with Gasteiger partial charge in [-0.2, -0.15) is 14.0 Å². The Kier molecular flexibility index (Phi) is 4.10. The Morgan fingerprint density at radius 2 is 2.40 bits per heavy atom. The lowest BCUT2D eigenvalue weighted by Crippen LogP contribution is -2.30. The average molecular weight is 280 g/mol. The van der Waals surface area contributed by atoms with E-state index in [0.717, 1.165) is 12.4 Å². The summed E-state index contributed by atoms with van der Waals surface area (Å²) in [6.45, 7) is -2.79. The van der Waals surface area contributed by atoms with Crippen molar-refractivity contribution in [2.75, 3.05) is 0 Å². The number of alkyl halides is 2. The van der Waals surface area contributed by atoms with E-state index in [9.17, 15) is 13.6 Å². The van der Waals surface area contributed by atoms with Crippen LogP contribution in [-0.2, 0) is 11.3 Å². The van der Waals surface area contributed by atoms with Crippen molar-refractivity contribution >= 4 is 5.91 Å². The average Bonchev–Trinajstić information content (AvgIpc) is 3.08. The minimum absolute atomic E-state index is 0.0688. The number of carbonyl (C=O) groups excluding carboxylic acids is 1. The number of hydrogen-bond donors (Lipinski definition) is 1. The summed E-state index contributed by atoms with van der Waals surface area (Å²) in [6.07, 6.45) is 3.57. The summed E-state index contributed by atoms with van der Waals surface area (Å²) in [7, 11) is 0. The van der Waals surface area contributed by atoms with Gasteiger partial charge < -0.3 is 9.73 Å². The van der Waals surface area contributed by atoms with Crippen LogP contribution in [0.1, 0.15) is 24.1 Å². The minimum atomic E-state index is -2.86. The lowest BCUT2D eigenvalue weighted by molar-refractivity contribution is -0.121. The zero-order valence-corrected chi connectivity index (χ0v) is 10.2. The van der Waals surface area contributed by atoms with Gasteiger partial charge >= 0.3 is 6.55 Å². The van der Waals surface area contributed by atoms with E-state index in [1.54, 1.807) is 18.2 Å². The molecule has 0 fully saturated rings. The molecule has 0 bridgehead atoms. The van der Waals surface area contributed by atoms with Crippen molar-refractivity contribution in [2.24, 2.45) is 0 Å². The van der Waals surface area contributed by atoms with Crippen LogP contribution in [0.5, 0.6) is 0 Å². The fourth-order valence-corrected chi connectivity index (χ4v) is 1.64. The summed E-state index contributed by atoms with van der Waals surface area (Å²) in [4.78, 5) is 15.5. The molecule has 2 heterocycles. The highest BCUT2D eigenvalue weighted by Crippen LogP contribution is 2.19. The molecular weight excluding hydrogens is 270 g/mol. The number of aromatic nitrogens is 2. The number of imidazole rings is 1. The number of nitriles is 1. The van der Waals surface area contributed by atoms with E-state index in [0.29, 0.717) is 10.3 Å². The van der Waals surface area contributed by atoms with Crippen LogP contribution < -0.4 is 5.32 Å². The van der Waals surface area contributed by atoms with Crippen molar-refractivity contribution in [1.29, 1.82) is 5.26 Å². The summed E-state index contributed by atoms with van der Waals surface area (Å²) in [5, 5.41) is 11.4. The monoisotopic (exact) mass is 280 g/mol. The van der Waals surface area contributed by atoms with Crippen LogP contribution in [0.2, 0.25) is 0 Å². The molecule has 0 saturated heterocycles. The Morgan fingerprint density at radius 3 is 3.00 bits per heavy atom. The van der Waals surface area contributed by atoms with Gasteiger partial charge in [-0.05, 0) is 12.1 Å². The van der Waals surface area contributed by atoms with Crippen molar-refractivity contribution in [2.45, 2.75) is 19.0 Å². The second kappa shape index (κ2) is 5.97. The van der Waals surface area contributed by atoms with Crippen LogP contribution in [0.15, 0.2) is 35.2 Å². The molecule has 0 aromatic carbocycles. The van der Waals surface area contributed by atoms with E-state index in [-0.39, 0.29) is 12.4 Å². The maximum Gasteiger partial charge on any atom is 0.319 e. The normalized spacial score (nSPS) is 12.1. The van der Waals surface area contributed by atoms with E-state index in [1.165, 1.54) is 6.26 Å². The predicted molar refractivity (Wildman–Crippen MR) is 62.4 cm³/mol. The first-order chi connectivity index (χ1) is 9.63. The fourth-order valence-electron chi connectivity index (χ4n) is 1.64. The van der Waals surface area contributed by atoms with E-state index in [1.807, 2.05) is 0 Å². The molecule has 0 radical (unpaired) electrons. The van der Waals surface area contributed by atoms with Gasteiger partial charge in [-0.1, -0.05) is 0 Å². The van der Waals surface area contributed by atoms with Crippen molar-refractivity contribution in [1.82, 2.24) is 14.9 Å². The van der Waals surface area contributed by atoms with Crippen LogP contribution in [-0.4, -0.2) is 15.5 Å². The molecule has 2 aromatic heterocycles. The van der Waals surface area contributed by atoms with E-state index in [2.05, 4.69) is 10.3 Å². The minimum Gasteiger partial charge on any atom is -0.467 e. The van der Waals surface area contributed by atoms with E-state index >= 15 is 0 Å². The first kappa shape index (κ1) is 13.7. The Balaban J connectivity index is 2.09. The van der Waals surface area contributed by atoms with Gasteiger partial charge in [-0.25, -0.2) is 4.98 Å². The van der Waals surface area contributed by atoms with Gasteiger partial charge in [0.1, 0.15) is 11.6 Å². The molecule has 0 spiro atoms. The molecule has 20 heavy (non-hydrogen) atoms. The molecule has 1 unspecified atom stereocenters. The standard InChI is InChI=1S/C12H10F2N4O2/c13-12(14)18-4-3-16-10(18)9(6-15)11(19)17-7-8-2-1-5-20-8/h1-5,9,12H,7H2,(H,17,19). The number of rotatable bonds is 5. The van der Waals surface area contributed by atoms with Gasteiger partial charge in [0.05, 0.1) is 18.9 Å². The molecule has 0 saturated carbocycles. The zero-order chi connectivity index (χ0) is 14.5. The number of furan rings is 1. The zero-order valence-electron chi connectivity index (χ0n) is 10.2. The Labute approximate surface area is 112 Å². The maximum absolute atomic E-state index is 12.7. The van der Waals surface area contributed by atoms with Crippen molar-refractivity contribution in [3.8, 4) is 6.07 Å². The number of hydrogen-bond acceptors (Lipinski definition) is 4. The summed E-state index contributed by atoms with van der Waals surface area (Å²) in [5.74, 6) is -1.92. The Morgan fingerprint density at radius 1 is 1.60 bits per heavy atom. The summed E-state index contributed by atoms with van der Waals surface area (Å²) >= 11 is 0. The second-order valence-electron chi connectivity index (χ2n) is 3.83. The van der Waals surface area contributed by atoms with Crippen LogP contribution in [0.4, 0.5) is 8.78 Å². The molecule has 0 aliphatic rings. The smallest absolute Gasteiger partial charge is 0.319 e. The van der Waals surface area contributed by atoms with Crippen molar-refractivity contribution in [3.05, 3.63) is 42.4 Å². The molecule has 104 valence electrons. The first-order valence-electron chi connectivity index (χ1n) is 5.64. The fraction of sp³-hybridized carbons (Fsp3) is 0.250. The maximum atomic E-state index is 12.7. The van der Waals surface area contributed by atoms with Crippen LogP contribution in [0.25, 0.3) is 0 Å². The van der Waals surface area contributed by atoms with Gasteiger partial charge in [0.15, 0.2) is 5.92 Å². The summed E-state index contributed by atoms with van der Waals surface area (Å²) in [6, 6.07) is 4.96. The second-order valence-corrected chi connectivity index (χ2v) is 3.83. The van der Waals surface area contributed by atoms with Crippen molar-refractivity contribution in [3.63, 3.8) is 0 Å². The lowest BCUT2D eigenvalue weighted by Gasteiger charge is -2.11. The number of nitrogens with one attached hydrogen (secondary N) is 1. The number of halogens is 2. The molecule has 2 rings (SSSR count). The van der Waals surface area contributed by atoms with Gasteiger partial charge in [0.25, 0.3) is 0 Å². The predicted octanol–water partition coefficient (Wildman–Crippen LogP) is 1.79. The molecule has 1 amide bonds. The third-order valence-corrected chi connectivity index (χ3v) is 2.58. The first-order valence-corrected chi connectivity index (χ1v) is 5.64. The Bertz CT molecular complexity index is 616. The highest BCUT2D eigenvalue weighted by atomic mass is 19.3. The molecule has 0 aliphatic carbocycles. The largest absolute Gasteiger partial charge is 0.467 e. The highest BCUT2D eigenvalue weighted by Gasteiger charge is 2.27. The van der Waals surface area contributed by atoms with Gasteiger partial charge in [0.2, 0.25) is 5.91 Å². The van der Waals surface area contributed by atoms with Crippen LogP contribution in [0.3, 0.4) is 0 Å². The van der Waals surface area contributed by atoms with Gasteiger partial charge in [-0.3, -0.25) is 9.36 Å². The number of amides is 1. The molecule has 6 nitrogen and oxygen atoms in total. The van der Waals surface area contributed by atoms with Crippen LogP contribution >= 0.6 is 0 Å². The van der Waals surface area contributed by atoms with Gasteiger partial charge in [-0.15, -0.1) is 0 Å². The third-order valence-electron chi connectivity index (χ3n) is 2.58. The van der Waals surface area contributed by atoms with Crippen LogP contribution in [0, 0.1) is 11.3 Å². The topological polar surface area (TPSA) is 83.8 Å². The van der Waals surface area contributed by atoms with Gasteiger partial charge in [0, 0.05) is 12.4 Å². The highest BCUT2D eigenvalue weighted by molar-refractivity contribution is 5.85. The molecule has 0 aliphatic heterocycles. The quantitative estimate of drug-likeness (QED) is 0.905. The molecule has 1 N–H and O–H groups in total. The van der Waals surface area contributed by atoms with E-state index < -0.39 is 18.4 Å². The molecular formula is C12H10F2N4O2. The Hall–Kier alpha value is -2.69. The molecule has 2 aromatic rings.